The van der Waals surface area contributed by atoms with Gasteiger partial charge >= 0.3 is 0 Å². The van der Waals surface area contributed by atoms with Crippen molar-refractivity contribution in [1.82, 2.24) is 19.7 Å². The lowest BCUT2D eigenvalue weighted by Gasteiger charge is -2.02. The molecule has 0 N–H and O–H groups in total. The van der Waals surface area contributed by atoms with Crippen LogP contribution in [0.2, 0.25) is 10.3 Å². The Morgan fingerprint density at radius 1 is 1.12 bits per heavy atom. The molecule has 6 heteroatoms. The van der Waals surface area contributed by atoms with Gasteiger partial charge in [0.15, 0.2) is 5.65 Å². The zero-order valence-corrected chi connectivity index (χ0v) is 10.0. The van der Waals surface area contributed by atoms with Gasteiger partial charge in [-0.2, -0.15) is 10.1 Å². The van der Waals surface area contributed by atoms with E-state index in [1.54, 1.807) is 23.1 Å². The maximum atomic E-state index is 5.94. The molecule has 84 valence electrons. The second-order valence-corrected chi connectivity index (χ2v) is 4.23. The van der Waals surface area contributed by atoms with E-state index in [0.717, 1.165) is 11.1 Å². The van der Waals surface area contributed by atoms with Crippen molar-refractivity contribution in [3.8, 4) is 5.69 Å². The SMILES string of the molecule is Clc1cccc(-n2ncc3cnc(Cl)nc32)c1. The fourth-order valence-electron chi connectivity index (χ4n) is 1.59. The van der Waals surface area contributed by atoms with Gasteiger partial charge in [0, 0.05) is 11.2 Å². The van der Waals surface area contributed by atoms with Gasteiger partial charge in [-0.15, -0.1) is 0 Å². The van der Waals surface area contributed by atoms with Crippen LogP contribution in [0.3, 0.4) is 0 Å². The van der Waals surface area contributed by atoms with Gasteiger partial charge in [0.05, 0.1) is 17.3 Å². The van der Waals surface area contributed by atoms with Gasteiger partial charge in [0.25, 0.3) is 0 Å². The Hall–Kier alpha value is -1.65. The third-order valence-electron chi connectivity index (χ3n) is 2.33. The summed E-state index contributed by atoms with van der Waals surface area (Å²) < 4.78 is 1.68. The van der Waals surface area contributed by atoms with E-state index in [9.17, 15) is 0 Å². The average molecular weight is 265 g/mol. The van der Waals surface area contributed by atoms with Crippen molar-refractivity contribution in [1.29, 1.82) is 0 Å². The van der Waals surface area contributed by atoms with Crippen LogP contribution < -0.4 is 0 Å². The molecule has 2 aromatic heterocycles. The first-order valence-electron chi connectivity index (χ1n) is 4.86. The maximum Gasteiger partial charge on any atom is 0.224 e. The van der Waals surface area contributed by atoms with Crippen molar-refractivity contribution >= 4 is 34.2 Å². The lowest BCUT2D eigenvalue weighted by atomic mass is 10.3. The molecule has 0 amide bonds. The lowest BCUT2D eigenvalue weighted by molar-refractivity contribution is 0.895. The molecule has 0 saturated heterocycles. The second kappa shape index (κ2) is 3.98. The number of fused-ring (bicyclic) bond motifs is 1. The van der Waals surface area contributed by atoms with Crippen LogP contribution in [0.4, 0.5) is 0 Å². The maximum absolute atomic E-state index is 5.94. The van der Waals surface area contributed by atoms with Crippen molar-refractivity contribution in [2.45, 2.75) is 0 Å². The highest BCUT2D eigenvalue weighted by Crippen LogP contribution is 2.19. The molecule has 0 bridgehead atoms. The summed E-state index contributed by atoms with van der Waals surface area (Å²) in [6, 6.07) is 7.37. The largest absolute Gasteiger partial charge is 0.226 e. The third-order valence-corrected chi connectivity index (χ3v) is 2.75. The quantitative estimate of drug-likeness (QED) is 0.635. The summed E-state index contributed by atoms with van der Waals surface area (Å²) in [6.07, 6.45) is 3.32. The summed E-state index contributed by atoms with van der Waals surface area (Å²) in [5, 5.41) is 5.91. The first-order valence-corrected chi connectivity index (χ1v) is 5.62. The minimum atomic E-state index is 0.196. The zero-order chi connectivity index (χ0) is 11.8. The minimum absolute atomic E-state index is 0.196. The first-order chi connectivity index (χ1) is 8.24. The Morgan fingerprint density at radius 3 is 2.82 bits per heavy atom. The van der Waals surface area contributed by atoms with E-state index in [1.807, 2.05) is 18.2 Å². The van der Waals surface area contributed by atoms with Crippen LogP contribution in [-0.4, -0.2) is 19.7 Å². The van der Waals surface area contributed by atoms with Crippen molar-refractivity contribution in [2.75, 3.05) is 0 Å². The molecule has 0 aliphatic heterocycles. The highest BCUT2D eigenvalue weighted by Gasteiger charge is 2.07. The van der Waals surface area contributed by atoms with Gasteiger partial charge in [-0.1, -0.05) is 17.7 Å². The van der Waals surface area contributed by atoms with Crippen LogP contribution >= 0.6 is 23.2 Å². The summed E-state index contributed by atoms with van der Waals surface area (Å²) in [5.74, 6) is 0. The molecule has 0 spiro atoms. The van der Waals surface area contributed by atoms with Gasteiger partial charge in [0.2, 0.25) is 5.28 Å². The van der Waals surface area contributed by atoms with E-state index < -0.39 is 0 Å². The molecule has 0 radical (unpaired) electrons. The number of nitrogens with zero attached hydrogens (tertiary/aromatic N) is 4. The number of benzene rings is 1. The molecule has 17 heavy (non-hydrogen) atoms. The number of aromatic nitrogens is 4. The fraction of sp³-hybridized carbons (Fsp3) is 0. The molecule has 3 rings (SSSR count). The molecule has 0 fully saturated rings. The van der Waals surface area contributed by atoms with Gasteiger partial charge in [0.1, 0.15) is 0 Å². The van der Waals surface area contributed by atoms with Crippen LogP contribution in [0.5, 0.6) is 0 Å². The lowest BCUT2D eigenvalue weighted by Crippen LogP contribution is -1.97. The molecule has 2 heterocycles. The van der Waals surface area contributed by atoms with Crippen LogP contribution in [0.25, 0.3) is 16.7 Å². The summed E-state index contributed by atoms with van der Waals surface area (Å²) in [7, 11) is 0. The van der Waals surface area contributed by atoms with Crippen molar-refractivity contribution in [3.05, 3.63) is 47.0 Å². The topological polar surface area (TPSA) is 43.6 Å². The predicted molar refractivity (Wildman–Crippen MR) is 66.7 cm³/mol. The summed E-state index contributed by atoms with van der Waals surface area (Å²) in [5.41, 5.74) is 1.49. The average Bonchev–Trinajstić information content (AvgIpc) is 2.71. The monoisotopic (exact) mass is 264 g/mol. The Morgan fingerprint density at radius 2 is 2.00 bits per heavy atom. The van der Waals surface area contributed by atoms with Gasteiger partial charge in [-0.3, -0.25) is 0 Å². The molecule has 0 atom stereocenters. The smallest absolute Gasteiger partial charge is 0.224 e. The van der Waals surface area contributed by atoms with Crippen molar-refractivity contribution < 1.29 is 0 Å². The Labute approximate surface area is 107 Å². The summed E-state index contributed by atoms with van der Waals surface area (Å²) >= 11 is 11.7. The molecule has 3 aromatic rings. The van der Waals surface area contributed by atoms with Crippen LogP contribution in [0.1, 0.15) is 0 Å². The van der Waals surface area contributed by atoms with Gasteiger partial charge in [-0.25, -0.2) is 9.67 Å². The summed E-state index contributed by atoms with van der Waals surface area (Å²) in [4.78, 5) is 8.06. The van der Waals surface area contributed by atoms with Crippen molar-refractivity contribution in [2.24, 2.45) is 0 Å². The number of rotatable bonds is 1. The van der Waals surface area contributed by atoms with Crippen LogP contribution in [-0.2, 0) is 0 Å². The zero-order valence-electron chi connectivity index (χ0n) is 8.51. The minimum Gasteiger partial charge on any atom is -0.226 e. The summed E-state index contributed by atoms with van der Waals surface area (Å²) in [6.45, 7) is 0. The van der Waals surface area contributed by atoms with Crippen LogP contribution in [0, 0.1) is 0 Å². The highest BCUT2D eigenvalue weighted by molar-refractivity contribution is 6.30. The molecular formula is C11H6Cl2N4. The van der Waals surface area contributed by atoms with E-state index in [1.165, 1.54) is 0 Å². The molecule has 1 aromatic carbocycles. The Balaban J connectivity index is 2.27. The molecule has 0 saturated carbocycles. The molecule has 0 aliphatic carbocycles. The van der Waals surface area contributed by atoms with E-state index in [-0.39, 0.29) is 5.28 Å². The van der Waals surface area contributed by atoms with E-state index in [0.29, 0.717) is 10.7 Å². The first kappa shape index (κ1) is 10.5. The van der Waals surface area contributed by atoms with Crippen molar-refractivity contribution in [3.63, 3.8) is 0 Å². The highest BCUT2D eigenvalue weighted by atomic mass is 35.5. The van der Waals surface area contributed by atoms with Gasteiger partial charge < -0.3 is 0 Å². The van der Waals surface area contributed by atoms with E-state index in [2.05, 4.69) is 15.1 Å². The number of halogens is 2. The molecule has 0 aliphatic rings. The second-order valence-electron chi connectivity index (χ2n) is 3.45. The number of hydrogen-bond acceptors (Lipinski definition) is 3. The third kappa shape index (κ3) is 1.85. The fourth-order valence-corrected chi connectivity index (χ4v) is 1.91. The van der Waals surface area contributed by atoms with Gasteiger partial charge in [-0.05, 0) is 29.8 Å². The van der Waals surface area contributed by atoms with Crippen LogP contribution in [0.15, 0.2) is 36.7 Å². The normalized spacial score (nSPS) is 10.9. The number of hydrogen-bond donors (Lipinski definition) is 0. The molecule has 4 nitrogen and oxygen atoms in total. The molecule has 0 unspecified atom stereocenters. The molecular weight excluding hydrogens is 259 g/mol. The van der Waals surface area contributed by atoms with E-state index in [4.69, 9.17) is 23.2 Å². The Bertz CT molecular complexity index is 693. The standard InChI is InChI=1S/C11H6Cl2N4/c12-8-2-1-3-9(4-8)17-10-7(6-15-17)5-14-11(13)16-10/h1-6H. The predicted octanol–water partition coefficient (Wildman–Crippen LogP) is 3.12. The Kier molecular flexibility index (Phi) is 2.46. The van der Waals surface area contributed by atoms with E-state index >= 15 is 0 Å².